The zero-order valence-electron chi connectivity index (χ0n) is 6.85. The van der Waals surface area contributed by atoms with Crippen molar-refractivity contribution in [2.75, 3.05) is 13.1 Å². The summed E-state index contributed by atoms with van der Waals surface area (Å²) in [6.07, 6.45) is 5.49. The average Bonchev–Trinajstić information content (AvgIpc) is 2.58. The van der Waals surface area contributed by atoms with Gasteiger partial charge in [0.2, 0.25) is 0 Å². The first-order valence-electron chi connectivity index (χ1n) is 4.24. The summed E-state index contributed by atoms with van der Waals surface area (Å²) >= 11 is 0. The van der Waals surface area contributed by atoms with Gasteiger partial charge < -0.3 is 4.57 Å². The van der Waals surface area contributed by atoms with Crippen LogP contribution in [0.25, 0.3) is 0 Å². The third-order valence-corrected chi connectivity index (χ3v) is 2.39. The maximum Gasteiger partial charge on any atom is 0.119 e. The zero-order valence-corrected chi connectivity index (χ0v) is 6.85. The molecule has 1 aliphatic rings. The lowest BCUT2D eigenvalue weighted by Gasteiger charge is -2.24. The van der Waals surface area contributed by atoms with Crippen LogP contribution in [0.4, 0.5) is 0 Å². The minimum absolute atomic E-state index is 0.482. The number of aromatic nitrogens is 3. The molecule has 0 amide bonds. The summed E-state index contributed by atoms with van der Waals surface area (Å²) in [5.41, 5.74) is 0. The number of quaternary nitrogens is 1. The molecule has 1 fully saturated rings. The van der Waals surface area contributed by atoms with Gasteiger partial charge in [0.25, 0.3) is 0 Å². The molecule has 0 unspecified atom stereocenters. The third kappa shape index (κ3) is 1.46. The number of rotatable bonds is 1. The highest BCUT2D eigenvalue weighted by Gasteiger charge is 2.21. The van der Waals surface area contributed by atoms with Gasteiger partial charge in [-0.25, -0.2) is 5.21 Å². The minimum atomic E-state index is 0.482. The zero-order chi connectivity index (χ0) is 8.39. The van der Waals surface area contributed by atoms with Gasteiger partial charge in [0, 0.05) is 18.9 Å². The summed E-state index contributed by atoms with van der Waals surface area (Å²) < 4.78 is 2.02. The van der Waals surface area contributed by atoms with Crippen molar-refractivity contribution in [3.63, 3.8) is 0 Å². The number of nitrogens with one attached hydrogen (secondary N) is 1. The molecule has 0 bridgehead atoms. The molecule has 0 aliphatic carbocycles. The van der Waals surface area contributed by atoms with Crippen LogP contribution >= 0.6 is 0 Å². The first-order chi connectivity index (χ1) is 5.86. The van der Waals surface area contributed by atoms with E-state index in [0.717, 1.165) is 25.9 Å². The molecule has 2 rings (SSSR count). The van der Waals surface area contributed by atoms with Crippen LogP contribution in [0.5, 0.6) is 0 Å². The Morgan fingerprint density at radius 1 is 1.25 bits per heavy atom. The van der Waals surface area contributed by atoms with Crippen molar-refractivity contribution < 1.29 is 10.3 Å². The van der Waals surface area contributed by atoms with Gasteiger partial charge in [0.1, 0.15) is 25.7 Å². The smallest absolute Gasteiger partial charge is 0.119 e. The van der Waals surface area contributed by atoms with E-state index < -0.39 is 0 Å². The number of hydrogen-bond acceptors (Lipinski definition) is 3. The summed E-state index contributed by atoms with van der Waals surface area (Å²) in [6.45, 7) is 1.64. The fourth-order valence-electron chi connectivity index (χ4n) is 1.63. The molecule has 1 aliphatic heterocycles. The molecular weight excluding hydrogens is 156 g/mol. The van der Waals surface area contributed by atoms with E-state index in [-0.39, 0.29) is 0 Å². The molecule has 5 heteroatoms. The van der Waals surface area contributed by atoms with Crippen molar-refractivity contribution in [1.82, 2.24) is 14.8 Å². The summed E-state index contributed by atoms with van der Waals surface area (Å²) in [6, 6.07) is 0.482. The van der Waals surface area contributed by atoms with E-state index in [9.17, 15) is 5.21 Å². The van der Waals surface area contributed by atoms with Crippen LogP contribution in [0.2, 0.25) is 0 Å². The van der Waals surface area contributed by atoms with E-state index in [2.05, 4.69) is 10.2 Å². The maximum atomic E-state index is 9.20. The predicted molar refractivity (Wildman–Crippen MR) is 40.8 cm³/mol. The van der Waals surface area contributed by atoms with Crippen molar-refractivity contribution in [1.29, 1.82) is 0 Å². The fraction of sp³-hybridized carbons (Fsp3) is 0.714. The first-order valence-corrected chi connectivity index (χ1v) is 4.24. The summed E-state index contributed by atoms with van der Waals surface area (Å²) in [5.74, 6) is 0. The number of piperidine rings is 1. The average molecular weight is 169 g/mol. The number of nitrogens with zero attached hydrogens (tertiary/aromatic N) is 3. The summed E-state index contributed by atoms with van der Waals surface area (Å²) in [7, 11) is 0. The van der Waals surface area contributed by atoms with Crippen LogP contribution in [0, 0.1) is 0 Å². The van der Waals surface area contributed by atoms with Crippen molar-refractivity contribution in [3.05, 3.63) is 12.7 Å². The first kappa shape index (κ1) is 7.70. The Morgan fingerprint density at radius 3 is 2.42 bits per heavy atom. The Morgan fingerprint density at radius 2 is 1.83 bits per heavy atom. The molecule has 1 aromatic rings. The standard InChI is InChI=1S/C7H12N4O/c12-11-3-1-7(2-4-11)10-5-8-9-6-10/h5-7,12H,1-4H2/p+1. The van der Waals surface area contributed by atoms with Gasteiger partial charge in [-0.1, -0.05) is 0 Å². The predicted octanol–water partition coefficient (Wildman–Crippen LogP) is -1.11. The molecule has 0 saturated carbocycles. The van der Waals surface area contributed by atoms with E-state index in [1.807, 2.05) is 4.57 Å². The Labute approximate surface area is 70.6 Å². The Hall–Kier alpha value is -0.940. The molecule has 5 nitrogen and oxygen atoms in total. The molecule has 66 valence electrons. The molecule has 0 radical (unpaired) electrons. The molecule has 0 spiro atoms. The monoisotopic (exact) mass is 169 g/mol. The molecule has 2 heterocycles. The van der Waals surface area contributed by atoms with Crippen LogP contribution in [0.1, 0.15) is 18.9 Å². The second-order valence-electron chi connectivity index (χ2n) is 3.21. The van der Waals surface area contributed by atoms with E-state index in [1.165, 1.54) is 0 Å². The van der Waals surface area contributed by atoms with Crippen molar-refractivity contribution in [2.45, 2.75) is 18.9 Å². The largest absolute Gasteiger partial charge is 0.317 e. The Kier molecular flexibility index (Phi) is 2.05. The van der Waals surface area contributed by atoms with E-state index in [4.69, 9.17) is 0 Å². The van der Waals surface area contributed by atoms with Gasteiger partial charge >= 0.3 is 0 Å². The van der Waals surface area contributed by atoms with Gasteiger partial charge in [-0.2, -0.15) is 5.06 Å². The highest BCUT2D eigenvalue weighted by molar-refractivity contribution is 4.73. The van der Waals surface area contributed by atoms with Gasteiger partial charge in [-0.15, -0.1) is 10.2 Å². The maximum absolute atomic E-state index is 9.20. The highest BCUT2D eigenvalue weighted by atomic mass is 16.5. The molecule has 0 aromatic carbocycles. The lowest BCUT2D eigenvalue weighted by molar-refractivity contribution is -1.09. The van der Waals surface area contributed by atoms with Crippen LogP contribution in [0.3, 0.4) is 0 Å². The van der Waals surface area contributed by atoms with Gasteiger partial charge in [-0.05, 0) is 0 Å². The Balaban J connectivity index is 1.99. The van der Waals surface area contributed by atoms with Crippen LogP contribution in [-0.4, -0.2) is 33.1 Å². The third-order valence-electron chi connectivity index (χ3n) is 2.39. The quantitative estimate of drug-likeness (QED) is 0.560. The minimum Gasteiger partial charge on any atom is -0.317 e. The van der Waals surface area contributed by atoms with Crippen LogP contribution < -0.4 is 5.06 Å². The molecule has 1 saturated heterocycles. The normalized spacial score (nSPS) is 30.4. The van der Waals surface area contributed by atoms with Crippen LogP contribution in [0.15, 0.2) is 12.7 Å². The van der Waals surface area contributed by atoms with Crippen molar-refractivity contribution in [2.24, 2.45) is 0 Å². The summed E-state index contributed by atoms with van der Waals surface area (Å²) in [4.78, 5) is 0. The molecular formula is C7H13N4O+. The lowest BCUT2D eigenvalue weighted by atomic mass is 10.1. The van der Waals surface area contributed by atoms with Crippen LogP contribution in [-0.2, 0) is 0 Å². The molecule has 2 N–H and O–H groups in total. The molecule has 1 aromatic heterocycles. The summed E-state index contributed by atoms with van der Waals surface area (Å²) in [5, 5.41) is 17.4. The SMILES string of the molecule is O[NH+]1CCC(n2cnnc2)CC1. The van der Waals surface area contributed by atoms with E-state index >= 15 is 0 Å². The number of hydroxylamine groups is 2. The van der Waals surface area contributed by atoms with Gasteiger partial charge in [0.15, 0.2) is 0 Å². The lowest BCUT2D eigenvalue weighted by Crippen LogP contribution is -3.10. The van der Waals surface area contributed by atoms with Gasteiger partial charge in [-0.3, -0.25) is 0 Å². The number of hydrogen-bond donors (Lipinski definition) is 2. The van der Waals surface area contributed by atoms with Crippen molar-refractivity contribution >= 4 is 0 Å². The van der Waals surface area contributed by atoms with Gasteiger partial charge in [0.05, 0.1) is 0 Å². The molecule has 12 heavy (non-hydrogen) atoms. The molecule has 0 atom stereocenters. The topological polar surface area (TPSA) is 55.4 Å². The Bertz CT molecular complexity index is 228. The highest BCUT2D eigenvalue weighted by Crippen LogP contribution is 2.14. The van der Waals surface area contributed by atoms with Crippen molar-refractivity contribution in [3.8, 4) is 0 Å². The van der Waals surface area contributed by atoms with E-state index in [1.54, 1.807) is 12.7 Å². The second kappa shape index (κ2) is 3.20. The second-order valence-corrected chi connectivity index (χ2v) is 3.21. The fourth-order valence-corrected chi connectivity index (χ4v) is 1.63. The van der Waals surface area contributed by atoms with E-state index in [0.29, 0.717) is 11.1 Å².